The van der Waals surface area contributed by atoms with Crippen LogP contribution in [0.2, 0.25) is 0 Å². The summed E-state index contributed by atoms with van der Waals surface area (Å²) in [6.07, 6.45) is 6.61. The first-order valence-corrected chi connectivity index (χ1v) is 14.9. The van der Waals surface area contributed by atoms with Crippen molar-refractivity contribution in [1.82, 2.24) is 0 Å². The number of carbonyl (C=O) groups is 2. The van der Waals surface area contributed by atoms with Crippen LogP contribution in [0.15, 0.2) is 60.7 Å². The maximum absolute atomic E-state index is 11.7. The molecule has 2 aromatic carbocycles. The van der Waals surface area contributed by atoms with Gasteiger partial charge in [-0.2, -0.15) is 0 Å². The summed E-state index contributed by atoms with van der Waals surface area (Å²) < 4.78 is 10.0. The minimum Gasteiger partial charge on any atom is -0.507 e. The molecule has 0 saturated heterocycles. The monoisotopic (exact) mass is 664 g/mol. The number of benzene rings is 2. The topological polar surface area (TPSA) is 134 Å². The normalized spacial score (nSPS) is 11.2. The Kier molecular flexibility index (Phi) is 26.2. The minimum absolute atomic E-state index is 0. The zero-order chi connectivity index (χ0) is 34.3. The van der Waals surface area contributed by atoms with Crippen LogP contribution in [0.25, 0.3) is 11.5 Å². The molecule has 2 aromatic rings. The first kappa shape index (κ1) is 46.5. The first-order chi connectivity index (χ1) is 20.5. The fourth-order valence-electron chi connectivity index (χ4n) is 2.69. The van der Waals surface area contributed by atoms with Crippen molar-refractivity contribution in [3.8, 4) is 11.5 Å². The van der Waals surface area contributed by atoms with Gasteiger partial charge in [-0.15, -0.1) is 0 Å². The number of ketones is 2. The number of hydrogen-bond acceptors (Lipinski definition) is 8. The van der Waals surface area contributed by atoms with E-state index in [1.807, 2.05) is 41.5 Å². The summed E-state index contributed by atoms with van der Waals surface area (Å²) in [4.78, 5) is 23.4. The molecule has 0 aromatic heterocycles. The van der Waals surface area contributed by atoms with Gasteiger partial charge in [0.05, 0.1) is 14.2 Å². The van der Waals surface area contributed by atoms with E-state index in [1.54, 1.807) is 62.8 Å². The average Bonchev–Trinajstić information content (AvgIpc) is 2.98. The molecule has 0 heterocycles. The number of rotatable bonds is 10. The largest absolute Gasteiger partial charge is 0.507 e. The molecule has 45 heavy (non-hydrogen) atoms. The Morgan fingerprint density at radius 2 is 0.889 bits per heavy atom. The van der Waals surface area contributed by atoms with E-state index in [2.05, 4.69) is 13.8 Å². The summed E-state index contributed by atoms with van der Waals surface area (Å²) in [5.74, 6) is 1.17. The predicted octanol–water partition coefficient (Wildman–Crippen LogP) is 7.97. The number of methoxy groups -OCH3 is 2. The molecule has 0 atom stereocenters. The Hall–Kier alpha value is -2.91. The van der Waals surface area contributed by atoms with Crippen LogP contribution in [0, 0.1) is 10.8 Å². The van der Waals surface area contributed by atoms with Crippen LogP contribution in [-0.4, -0.2) is 59.4 Å². The quantitative estimate of drug-likeness (QED) is 0.114. The molecule has 0 aliphatic carbocycles. The van der Waals surface area contributed by atoms with E-state index < -0.39 is 10.8 Å². The molecule has 8 nitrogen and oxygen atoms in total. The second kappa shape index (κ2) is 25.3. The SMILES string of the molecule is CCCCO.CCCCO.COc1ccc(/C(O)=C/C(=O)C(C)(C)C)cc1.COc1ccc(/C(O)=C/C(=O)C(C)(C)C)cc1.[Ti]. The Bertz CT molecular complexity index is 1030. The molecule has 9 heteroatoms. The zero-order valence-electron chi connectivity index (χ0n) is 28.9. The second-order valence-electron chi connectivity index (χ2n) is 11.9. The molecule has 0 aliphatic rings. The molecule has 0 spiro atoms. The molecule has 0 saturated carbocycles. The molecule has 0 amide bonds. The van der Waals surface area contributed by atoms with E-state index in [-0.39, 0.29) is 44.8 Å². The van der Waals surface area contributed by atoms with Crippen LogP contribution in [0.3, 0.4) is 0 Å². The standard InChI is InChI=1S/2C14H18O3.2C4H10O.Ti/c2*1-14(2,3)13(16)9-12(15)10-5-7-11(17-4)8-6-10;2*1-2-3-4-5;/h2*5-9,15H,1-4H3;2*5H,2-4H2,1H3;/b2*12-9-;;;. The number of ether oxygens (including phenoxy) is 2. The molecule has 0 fully saturated rings. The molecular formula is C36H56O8Ti. The van der Waals surface area contributed by atoms with Gasteiger partial charge in [0.1, 0.15) is 23.0 Å². The number of carbonyl (C=O) groups excluding carboxylic acids is 2. The summed E-state index contributed by atoms with van der Waals surface area (Å²) in [6, 6.07) is 13.8. The van der Waals surface area contributed by atoms with Gasteiger partial charge in [0, 0.05) is 69.0 Å². The van der Waals surface area contributed by atoms with Crippen molar-refractivity contribution in [2.75, 3.05) is 27.4 Å². The van der Waals surface area contributed by atoms with E-state index in [0.29, 0.717) is 35.8 Å². The van der Waals surface area contributed by atoms with Crippen molar-refractivity contribution in [1.29, 1.82) is 0 Å². The molecule has 2 rings (SSSR count). The van der Waals surface area contributed by atoms with Gasteiger partial charge in [0.25, 0.3) is 0 Å². The van der Waals surface area contributed by atoms with Crippen molar-refractivity contribution in [2.24, 2.45) is 10.8 Å². The fraction of sp³-hybridized carbons (Fsp3) is 0.500. The number of unbranched alkanes of at least 4 members (excludes halogenated alkanes) is 2. The van der Waals surface area contributed by atoms with Crippen molar-refractivity contribution >= 4 is 23.1 Å². The van der Waals surface area contributed by atoms with Gasteiger partial charge in [-0.25, -0.2) is 0 Å². The van der Waals surface area contributed by atoms with Crippen LogP contribution < -0.4 is 9.47 Å². The zero-order valence-corrected chi connectivity index (χ0v) is 30.5. The van der Waals surface area contributed by atoms with Gasteiger partial charge in [-0.3, -0.25) is 9.59 Å². The molecule has 0 radical (unpaired) electrons. The van der Waals surface area contributed by atoms with E-state index in [9.17, 15) is 19.8 Å². The maximum Gasteiger partial charge on any atom is 0.164 e. The van der Waals surface area contributed by atoms with Crippen LogP contribution in [0.4, 0.5) is 0 Å². The van der Waals surface area contributed by atoms with Crippen LogP contribution in [0.5, 0.6) is 11.5 Å². The third-order valence-electron chi connectivity index (χ3n) is 5.81. The Labute approximate surface area is 286 Å². The van der Waals surface area contributed by atoms with Crippen molar-refractivity contribution in [3.05, 3.63) is 71.8 Å². The smallest absolute Gasteiger partial charge is 0.164 e. The van der Waals surface area contributed by atoms with Gasteiger partial charge >= 0.3 is 0 Å². The number of allylic oxidation sites excluding steroid dienone is 2. The average molecular weight is 665 g/mol. The Morgan fingerprint density at radius 3 is 1.04 bits per heavy atom. The molecule has 252 valence electrons. The van der Waals surface area contributed by atoms with Crippen LogP contribution in [0.1, 0.15) is 92.2 Å². The van der Waals surface area contributed by atoms with Gasteiger partial charge in [0.2, 0.25) is 0 Å². The van der Waals surface area contributed by atoms with E-state index in [0.717, 1.165) is 25.7 Å². The first-order valence-electron chi connectivity index (χ1n) is 14.9. The third-order valence-corrected chi connectivity index (χ3v) is 5.81. The summed E-state index contributed by atoms with van der Waals surface area (Å²) >= 11 is 0. The molecule has 4 N–H and O–H groups in total. The summed E-state index contributed by atoms with van der Waals surface area (Å²) in [7, 11) is 3.15. The molecule has 0 aliphatic heterocycles. The minimum atomic E-state index is -0.486. The van der Waals surface area contributed by atoms with Crippen LogP contribution >= 0.6 is 0 Å². The van der Waals surface area contributed by atoms with E-state index in [4.69, 9.17) is 19.7 Å². The summed E-state index contributed by atoms with van der Waals surface area (Å²) in [5.41, 5.74) is 0.229. The van der Waals surface area contributed by atoms with Gasteiger partial charge in [0.15, 0.2) is 11.6 Å². The van der Waals surface area contributed by atoms with Gasteiger partial charge in [-0.05, 0) is 61.4 Å². The molecule has 0 unspecified atom stereocenters. The molecular weight excluding hydrogens is 608 g/mol. The Balaban J connectivity index is -0.000000594. The summed E-state index contributed by atoms with van der Waals surface area (Å²) in [6.45, 7) is 15.7. The van der Waals surface area contributed by atoms with Crippen molar-refractivity contribution < 1.29 is 61.2 Å². The number of aliphatic hydroxyl groups is 4. The van der Waals surface area contributed by atoms with Gasteiger partial charge < -0.3 is 29.9 Å². The van der Waals surface area contributed by atoms with Crippen molar-refractivity contribution in [2.45, 2.75) is 81.1 Å². The molecule has 0 bridgehead atoms. The fourth-order valence-corrected chi connectivity index (χ4v) is 2.69. The van der Waals surface area contributed by atoms with Gasteiger partial charge in [-0.1, -0.05) is 68.2 Å². The maximum atomic E-state index is 11.7. The van der Waals surface area contributed by atoms with Crippen LogP contribution in [-0.2, 0) is 31.3 Å². The predicted molar refractivity (Wildman–Crippen MR) is 180 cm³/mol. The number of hydrogen-bond donors (Lipinski definition) is 4. The second-order valence-corrected chi connectivity index (χ2v) is 11.9. The van der Waals surface area contributed by atoms with E-state index in [1.165, 1.54) is 12.2 Å². The summed E-state index contributed by atoms with van der Waals surface area (Å²) in [5, 5.41) is 35.8. The third kappa shape index (κ3) is 22.3. The number of aliphatic hydroxyl groups excluding tert-OH is 4. The van der Waals surface area contributed by atoms with Crippen molar-refractivity contribution in [3.63, 3.8) is 0 Å². The van der Waals surface area contributed by atoms with E-state index >= 15 is 0 Å². The Morgan fingerprint density at radius 1 is 0.622 bits per heavy atom.